The van der Waals surface area contributed by atoms with Crippen LogP contribution in [0.2, 0.25) is 0 Å². The van der Waals surface area contributed by atoms with Gasteiger partial charge in [-0.15, -0.1) is 0 Å². The topological polar surface area (TPSA) is 46.2 Å². The van der Waals surface area contributed by atoms with Gasteiger partial charge in [0.15, 0.2) is 5.78 Å². The predicted octanol–water partition coefficient (Wildman–Crippen LogP) is 2.42. The van der Waals surface area contributed by atoms with Gasteiger partial charge >= 0.3 is 0 Å². The van der Waals surface area contributed by atoms with Crippen molar-refractivity contribution in [3.05, 3.63) is 0 Å². The van der Waals surface area contributed by atoms with Gasteiger partial charge in [0.25, 0.3) is 0 Å². The second-order valence-corrected chi connectivity index (χ2v) is 5.60. The largest absolute Gasteiger partial charge is 0.351 e. The molecule has 4 heteroatoms. The molecule has 0 aromatic rings. The molecule has 0 spiro atoms. The van der Waals surface area contributed by atoms with Gasteiger partial charge < -0.3 is 5.32 Å². The molecule has 1 N–H and O–H groups in total. The van der Waals surface area contributed by atoms with Gasteiger partial charge in [-0.05, 0) is 19.8 Å². The molecular weight excluding hydrogens is 270 g/mol. The lowest BCUT2D eigenvalue weighted by Gasteiger charge is -2.39. The number of Topliss-reactive ketones (excluding diaryl/α,β-unsaturated/α-hetero) is 1. The van der Waals surface area contributed by atoms with Gasteiger partial charge in [0, 0.05) is 6.04 Å². The minimum atomic E-state index is -0.788. The Labute approximate surface area is 105 Å². The van der Waals surface area contributed by atoms with E-state index >= 15 is 0 Å². The zero-order chi connectivity index (χ0) is 12.3. The molecule has 2 unspecified atom stereocenters. The van der Waals surface area contributed by atoms with E-state index in [1.165, 1.54) is 0 Å². The van der Waals surface area contributed by atoms with Crippen LogP contribution < -0.4 is 5.32 Å². The van der Waals surface area contributed by atoms with Gasteiger partial charge in [-0.25, -0.2) is 0 Å². The van der Waals surface area contributed by atoms with E-state index in [4.69, 9.17) is 0 Å². The van der Waals surface area contributed by atoms with E-state index in [1.54, 1.807) is 0 Å². The van der Waals surface area contributed by atoms with Crippen molar-refractivity contribution >= 4 is 27.6 Å². The Morgan fingerprint density at radius 2 is 1.75 bits per heavy atom. The molecule has 92 valence electrons. The van der Waals surface area contributed by atoms with Crippen LogP contribution in [0.5, 0.6) is 0 Å². The summed E-state index contributed by atoms with van der Waals surface area (Å²) in [6, 6.07) is -0.109. The van der Waals surface area contributed by atoms with Crippen molar-refractivity contribution < 1.29 is 9.59 Å². The zero-order valence-electron chi connectivity index (χ0n) is 10.2. The van der Waals surface area contributed by atoms with E-state index in [0.29, 0.717) is 12.8 Å². The summed E-state index contributed by atoms with van der Waals surface area (Å²) in [5.74, 6) is -0.0168. The molecule has 0 aromatic carbocycles. The van der Waals surface area contributed by atoms with Crippen LogP contribution in [0.1, 0.15) is 46.5 Å². The van der Waals surface area contributed by atoms with E-state index in [2.05, 4.69) is 21.2 Å². The fourth-order valence-corrected chi connectivity index (χ4v) is 3.04. The summed E-state index contributed by atoms with van der Waals surface area (Å²) in [6.07, 6.45) is 3.02. The zero-order valence-corrected chi connectivity index (χ0v) is 11.8. The third kappa shape index (κ3) is 2.17. The minimum Gasteiger partial charge on any atom is -0.351 e. The fourth-order valence-electron chi connectivity index (χ4n) is 2.47. The number of hydrogen-bond donors (Lipinski definition) is 1. The van der Waals surface area contributed by atoms with Crippen molar-refractivity contribution in [3.8, 4) is 0 Å². The van der Waals surface area contributed by atoms with Crippen LogP contribution in [0.25, 0.3) is 0 Å². The molecule has 1 rings (SSSR count). The SMILES string of the molecule is CCCC1(CCC)C(=O)NC(C)C(Br)C1=O. The molecular formula is C12H20BrNO2. The summed E-state index contributed by atoms with van der Waals surface area (Å²) in [7, 11) is 0. The number of nitrogens with one attached hydrogen (secondary N) is 1. The molecule has 0 aliphatic carbocycles. The average molecular weight is 290 g/mol. The van der Waals surface area contributed by atoms with Gasteiger partial charge in [-0.1, -0.05) is 42.6 Å². The van der Waals surface area contributed by atoms with Gasteiger partial charge in [0.1, 0.15) is 5.41 Å². The Balaban J connectivity index is 3.04. The van der Waals surface area contributed by atoms with E-state index in [-0.39, 0.29) is 22.6 Å². The molecule has 16 heavy (non-hydrogen) atoms. The highest BCUT2D eigenvalue weighted by Gasteiger charge is 2.51. The first-order valence-corrected chi connectivity index (χ1v) is 6.90. The maximum atomic E-state index is 12.3. The van der Waals surface area contributed by atoms with Gasteiger partial charge in [0.2, 0.25) is 5.91 Å². The Kier molecular flexibility index (Phi) is 4.53. The number of amides is 1. The summed E-state index contributed by atoms with van der Waals surface area (Å²) in [6.45, 7) is 5.88. The lowest BCUT2D eigenvalue weighted by molar-refractivity contribution is -0.147. The second-order valence-electron chi connectivity index (χ2n) is 4.61. The Morgan fingerprint density at radius 3 is 2.19 bits per heavy atom. The Bertz CT molecular complexity index is 285. The molecule has 1 aliphatic heterocycles. The van der Waals surface area contributed by atoms with Crippen molar-refractivity contribution in [3.63, 3.8) is 0 Å². The molecule has 1 aliphatic rings. The van der Waals surface area contributed by atoms with Crippen molar-refractivity contribution in [2.45, 2.75) is 57.3 Å². The monoisotopic (exact) mass is 289 g/mol. The third-order valence-electron chi connectivity index (χ3n) is 3.31. The first kappa shape index (κ1) is 13.7. The van der Waals surface area contributed by atoms with Crippen LogP contribution in [0, 0.1) is 5.41 Å². The van der Waals surface area contributed by atoms with Crippen LogP contribution in [0.3, 0.4) is 0 Å². The molecule has 0 saturated carbocycles. The number of carbonyl (C=O) groups is 2. The van der Waals surface area contributed by atoms with Gasteiger partial charge in [0.05, 0.1) is 4.83 Å². The van der Waals surface area contributed by atoms with E-state index in [9.17, 15) is 9.59 Å². The standard InChI is InChI=1S/C12H20BrNO2/c1-4-6-12(7-5-2)10(15)9(13)8(3)14-11(12)16/h8-9H,4-7H2,1-3H3,(H,14,16). The Hall–Kier alpha value is -0.380. The number of piperidine rings is 1. The van der Waals surface area contributed by atoms with Gasteiger partial charge in [-0.3, -0.25) is 9.59 Å². The first-order valence-electron chi connectivity index (χ1n) is 5.99. The molecule has 1 fully saturated rings. The lowest BCUT2D eigenvalue weighted by atomic mass is 9.71. The quantitative estimate of drug-likeness (QED) is 0.638. The summed E-state index contributed by atoms with van der Waals surface area (Å²) >= 11 is 3.40. The second kappa shape index (κ2) is 5.30. The Morgan fingerprint density at radius 1 is 1.25 bits per heavy atom. The molecule has 1 amide bonds. The molecule has 1 saturated heterocycles. The number of ketones is 1. The predicted molar refractivity (Wildman–Crippen MR) is 67.6 cm³/mol. The summed E-state index contributed by atoms with van der Waals surface area (Å²) < 4.78 is 0. The molecule has 0 bridgehead atoms. The number of rotatable bonds is 4. The summed E-state index contributed by atoms with van der Waals surface area (Å²) in [4.78, 5) is 24.2. The van der Waals surface area contributed by atoms with E-state index in [0.717, 1.165) is 12.8 Å². The molecule has 0 radical (unpaired) electrons. The third-order valence-corrected chi connectivity index (χ3v) is 4.52. The normalized spacial score (nSPS) is 29.0. The lowest BCUT2D eigenvalue weighted by Crippen LogP contribution is -2.61. The van der Waals surface area contributed by atoms with Crippen molar-refractivity contribution in [1.82, 2.24) is 5.32 Å². The van der Waals surface area contributed by atoms with Crippen LogP contribution >= 0.6 is 15.9 Å². The van der Waals surface area contributed by atoms with Crippen molar-refractivity contribution in [2.24, 2.45) is 5.41 Å². The maximum Gasteiger partial charge on any atom is 0.233 e. The van der Waals surface area contributed by atoms with E-state index < -0.39 is 5.41 Å². The number of hydrogen-bond acceptors (Lipinski definition) is 2. The molecule has 1 heterocycles. The van der Waals surface area contributed by atoms with Crippen LogP contribution in [0.4, 0.5) is 0 Å². The first-order chi connectivity index (χ1) is 7.49. The summed E-state index contributed by atoms with van der Waals surface area (Å²) in [5.41, 5.74) is -0.788. The van der Waals surface area contributed by atoms with Crippen molar-refractivity contribution in [2.75, 3.05) is 0 Å². The highest BCUT2D eigenvalue weighted by molar-refractivity contribution is 9.10. The van der Waals surface area contributed by atoms with Crippen LogP contribution in [0.15, 0.2) is 0 Å². The van der Waals surface area contributed by atoms with E-state index in [1.807, 2.05) is 20.8 Å². The summed E-state index contributed by atoms with van der Waals surface area (Å²) in [5, 5.41) is 2.91. The number of carbonyl (C=O) groups excluding carboxylic acids is 2. The minimum absolute atomic E-state index is 0.0625. The van der Waals surface area contributed by atoms with Gasteiger partial charge in [-0.2, -0.15) is 0 Å². The smallest absolute Gasteiger partial charge is 0.233 e. The number of halogens is 1. The van der Waals surface area contributed by atoms with Crippen LogP contribution in [-0.4, -0.2) is 22.6 Å². The highest BCUT2D eigenvalue weighted by atomic mass is 79.9. The molecule has 2 atom stereocenters. The van der Waals surface area contributed by atoms with Crippen LogP contribution in [-0.2, 0) is 9.59 Å². The molecule has 0 aromatic heterocycles. The maximum absolute atomic E-state index is 12.3. The molecule has 3 nitrogen and oxygen atoms in total. The highest BCUT2D eigenvalue weighted by Crippen LogP contribution is 2.37. The average Bonchev–Trinajstić information content (AvgIpc) is 2.24. The number of alkyl halides is 1. The fraction of sp³-hybridized carbons (Fsp3) is 0.833. The van der Waals surface area contributed by atoms with Crippen molar-refractivity contribution in [1.29, 1.82) is 0 Å².